The predicted octanol–water partition coefficient (Wildman–Crippen LogP) is 2.76. The van der Waals surface area contributed by atoms with E-state index in [9.17, 15) is 14.4 Å². The number of hydrogen-bond acceptors (Lipinski definition) is 7. The molecule has 0 bridgehead atoms. The standard InChI is InChI=1S/C25H24N4O4S/c1-33-18-8-6-17(7-9-18)21-16-34-22(26-21)14-27-10-12-28(13-11-27)23(30)15-29-24(31)19-4-2-3-5-20(19)25(29)32/h2-9,16H,10-15H2,1H3. The number of imide groups is 1. The lowest BCUT2D eigenvalue weighted by molar-refractivity contribution is -0.133. The van der Waals surface area contributed by atoms with Gasteiger partial charge in [0.1, 0.15) is 17.3 Å². The van der Waals surface area contributed by atoms with Crippen LogP contribution in [0.3, 0.4) is 0 Å². The topological polar surface area (TPSA) is 83.0 Å². The average Bonchev–Trinajstić information content (AvgIpc) is 3.43. The van der Waals surface area contributed by atoms with E-state index < -0.39 is 11.8 Å². The van der Waals surface area contributed by atoms with Crippen LogP contribution >= 0.6 is 11.3 Å². The second-order valence-electron chi connectivity index (χ2n) is 8.25. The smallest absolute Gasteiger partial charge is 0.262 e. The summed E-state index contributed by atoms with van der Waals surface area (Å²) in [5.74, 6) is -0.187. The summed E-state index contributed by atoms with van der Waals surface area (Å²) in [6, 6.07) is 14.5. The molecule has 1 aromatic heterocycles. The molecule has 2 aliphatic heterocycles. The highest BCUT2D eigenvalue weighted by Crippen LogP contribution is 2.25. The van der Waals surface area contributed by atoms with Crippen LogP contribution in [0.4, 0.5) is 0 Å². The Morgan fingerprint density at radius 1 is 0.971 bits per heavy atom. The van der Waals surface area contributed by atoms with Gasteiger partial charge < -0.3 is 9.64 Å². The van der Waals surface area contributed by atoms with Crippen LogP contribution in [0.5, 0.6) is 5.75 Å². The molecule has 5 rings (SSSR count). The van der Waals surface area contributed by atoms with Crippen molar-refractivity contribution in [1.82, 2.24) is 19.7 Å². The van der Waals surface area contributed by atoms with Gasteiger partial charge in [-0.2, -0.15) is 0 Å². The number of carbonyl (C=O) groups is 3. The molecule has 0 radical (unpaired) electrons. The Hall–Kier alpha value is -3.56. The molecule has 3 amide bonds. The number of ether oxygens (including phenoxy) is 1. The van der Waals surface area contributed by atoms with E-state index in [1.807, 2.05) is 24.3 Å². The van der Waals surface area contributed by atoms with Gasteiger partial charge in [-0.25, -0.2) is 4.98 Å². The second-order valence-corrected chi connectivity index (χ2v) is 9.20. The molecule has 3 heterocycles. The number of aromatic nitrogens is 1. The lowest BCUT2D eigenvalue weighted by Gasteiger charge is -2.34. The SMILES string of the molecule is COc1ccc(-c2csc(CN3CCN(C(=O)CN4C(=O)c5ccccc5C4=O)CC3)n2)cc1. The van der Waals surface area contributed by atoms with Crippen molar-refractivity contribution in [2.24, 2.45) is 0 Å². The number of methoxy groups -OCH3 is 1. The van der Waals surface area contributed by atoms with Crippen molar-refractivity contribution in [3.05, 3.63) is 70.0 Å². The first-order valence-electron chi connectivity index (χ1n) is 11.1. The molecule has 8 nitrogen and oxygen atoms in total. The maximum absolute atomic E-state index is 12.8. The summed E-state index contributed by atoms with van der Waals surface area (Å²) in [5, 5.41) is 3.08. The van der Waals surface area contributed by atoms with E-state index in [0.717, 1.165) is 33.5 Å². The zero-order valence-electron chi connectivity index (χ0n) is 18.8. The van der Waals surface area contributed by atoms with Crippen molar-refractivity contribution in [3.8, 4) is 17.0 Å². The van der Waals surface area contributed by atoms with Gasteiger partial charge in [-0.15, -0.1) is 11.3 Å². The van der Waals surface area contributed by atoms with Gasteiger partial charge >= 0.3 is 0 Å². The van der Waals surface area contributed by atoms with Crippen LogP contribution in [-0.4, -0.2) is 77.2 Å². The number of piperazine rings is 1. The Bertz CT molecular complexity index is 1200. The summed E-state index contributed by atoms with van der Waals surface area (Å²) in [6.45, 7) is 3.04. The molecule has 1 saturated heterocycles. The summed E-state index contributed by atoms with van der Waals surface area (Å²) in [5.41, 5.74) is 2.72. The van der Waals surface area contributed by atoms with Crippen molar-refractivity contribution in [1.29, 1.82) is 0 Å². The summed E-state index contributed by atoms with van der Waals surface area (Å²) < 4.78 is 5.21. The van der Waals surface area contributed by atoms with Gasteiger partial charge in [-0.05, 0) is 36.4 Å². The lowest BCUT2D eigenvalue weighted by Crippen LogP contribution is -2.51. The van der Waals surface area contributed by atoms with Crippen molar-refractivity contribution in [2.75, 3.05) is 39.8 Å². The number of amides is 3. The summed E-state index contributed by atoms with van der Waals surface area (Å²) in [4.78, 5) is 47.7. The third-order valence-corrected chi connectivity index (χ3v) is 7.03. The molecule has 2 aromatic carbocycles. The van der Waals surface area contributed by atoms with Crippen LogP contribution in [0, 0.1) is 0 Å². The third kappa shape index (κ3) is 4.32. The van der Waals surface area contributed by atoms with Crippen LogP contribution in [0.25, 0.3) is 11.3 Å². The van der Waals surface area contributed by atoms with Crippen molar-refractivity contribution >= 4 is 29.1 Å². The van der Waals surface area contributed by atoms with E-state index >= 15 is 0 Å². The van der Waals surface area contributed by atoms with Gasteiger partial charge in [0, 0.05) is 37.1 Å². The first kappa shape index (κ1) is 22.2. The normalized spacial score (nSPS) is 16.1. The summed E-state index contributed by atoms with van der Waals surface area (Å²) in [6.07, 6.45) is 0. The molecule has 0 N–H and O–H groups in total. The molecule has 0 atom stereocenters. The Labute approximate surface area is 201 Å². The summed E-state index contributed by atoms with van der Waals surface area (Å²) in [7, 11) is 1.65. The molecule has 0 unspecified atom stereocenters. The molecule has 2 aliphatic rings. The van der Waals surface area contributed by atoms with Crippen LogP contribution < -0.4 is 4.74 Å². The largest absolute Gasteiger partial charge is 0.497 e. The van der Waals surface area contributed by atoms with Crippen molar-refractivity contribution in [3.63, 3.8) is 0 Å². The minimum atomic E-state index is -0.399. The molecule has 34 heavy (non-hydrogen) atoms. The zero-order chi connectivity index (χ0) is 23.7. The molecule has 3 aromatic rings. The number of thiazole rings is 1. The second kappa shape index (κ2) is 9.36. The first-order chi connectivity index (χ1) is 16.5. The highest BCUT2D eigenvalue weighted by molar-refractivity contribution is 7.09. The van der Waals surface area contributed by atoms with Crippen LogP contribution in [-0.2, 0) is 11.3 Å². The molecule has 0 aliphatic carbocycles. The number of nitrogens with zero attached hydrogens (tertiary/aromatic N) is 4. The minimum Gasteiger partial charge on any atom is -0.497 e. The number of fused-ring (bicyclic) bond motifs is 1. The maximum atomic E-state index is 12.8. The predicted molar refractivity (Wildman–Crippen MR) is 128 cm³/mol. The third-order valence-electron chi connectivity index (χ3n) is 6.19. The van der Waals surface area contributed by atoms with E-state index in [1.165, 1.54) is 0 Å². The molecule has 1 fully saturated rings. The highest BCUT2D eigenvalue weighted by atomic mass is 32.1. The quantitative estimate of drug-likeness (QED) is 0.509. The Balaban J connectivity index is 1.13. The molecule has 9 heteroatoms. The van der Waals surface area contributed by atoms with E-state index in [0.29, 0.717) is 37.3 Å². The number of rotatable bonds is 6. The average molecular weight is 477 g/mol. The van der Waals surface area contributed by atoms with E-state index in [-0.39, 0.29) is 12.5 Å². The Morgan fingerprint density at radius 3 is 2.24 bits per heavy atom. The number of benzene rings is 2. The monoisotopic (exact) mass is 476 g/mol. The van der Waals surface area contributed by atoms with Gasteiger partial charge in [0.15, 0.2) is 0 Å². The molecule has 0 spiro atoms. The van der Waals surface area contributed by atoms with Gasteiger partial charge in [-0.1, -0.05) is 12.1 Å². The number of hydrogen-bond donors (Lipinski definition) is 0. The molecular formula is C25H24N4O4S. The Morgan fingerprint density at radius 2 is 1.62 bits per heavy atom. The van der Waals surface area contributed by atoms with E-state index in [1.54, 1.807) is 47.6 Å². The van der Waals surface area contributed by atoms with Gasteiger partial charge in [0.2, 0.25) is 5.91 Å². The summed E-state index contributed by atoms with van der Waals surface area (Å²) >= 11 is 1.62. The zero-order valence-corrected chi connectivity index (χ0v) is 19.6. The van der Waals surface area contributed by atoms with Gasteiger partial charge in [0.25, 0.3) is 11.8 Å². The van der Waals surface area contributed by atoms with Crippen LogP contribution in [0.1, 0.15) is 25.7 Å². The fraction of sp³-hybridized carbons (Fsp3) is 0.280. The molecular weight excluding hydrogens is 452 g/mol. The first-order valence-corrected chi connectivity index (χ1v) is 12.0. The number of carbonyl (C=O) groups excluding carboxylic acids is 3. The minimum absolute atomic E-state index is 0.204. The van der Waals surface area contributed by atoms with Crippen LogP contribution in [0.2, 0.25) is 0 Å². The van der Waals surface area contributed by atoms with Crippen molar-refractivity contribution < 1.29 is 19.1 Å². The van der Waals surface area contributed by atoms with E-state index in [4.69, 9.17) is 9.72 Å². The van der Waals surface area contributed by atoms with Gasteiger partial charge in [0.05, 0.1) is 30.5 Å². The molecule has 0 saturated carbocycles. The fourth-order valence-electron chi connectivity index (χ4n) is 4.24. The highest BCUT2D eigenvalue weighted by Gasteiger charge is 2.37. The molecule has 174 valence electrons. The Kier molecular flexibility index (Phi) is 6.12. The lowest BCUT2D eigenvalue weighted by atomic mass is 10.1. The maximum Gasteiger partial charge on any atom is 0.262 e. The fourth-order valence-corrected chi connectivity index (χ4v) is 5.09. The van der Waals surface area contributed by atoms with Crippen molar-refractivity contribution in [2.45, 2.75) is 6.54 Å². The van der Waals surface area contributed by atoms with E-state index in [2.05, 4.69) is 10.3 Å². The van der Waals surface area contributed by atoms with Gasteiger partial charge in [-0.3, -0.25) is 24.2 Å². The van der Waals surface area contributed by atoms with Crippen LogP contribution in [0.15, 0.2) is 53.9 Å².